The standard InChI is InChI=1S/C16H17N3O2/c1-11-6-3-4-7-13(11)16-18-15(19-21-16)10-17-12(2)14-8-5-9-20-14/h3-9,12,17H,10H2,1-2H3/t12-/m1/s1. The van der Waals surface area contributed by atoms with Gasteiger partial charge in [-0.25, -0.2) is 0 Å². The predicted molar refractivity (Wildman–Crippen MR) is 78.4 cm³/mol. The lowest BCUT2D eigenvalue weighted by Gasteiger charge is -2.08. The minimum atomic E-state index is 0.0976. The molecule has 3 rings (SSSR count). The van der Waals surface area contributed by atoms with Crippen molar-refractivity contribution >= 4 is 0 Å². The number of benzene rings is 1. The van der Waals surface area contributed by atoms with Crippen molar-refractivity contribution in [2.75, 3.05) is 0 Å². The lowest BCUT2D eigenvalue weighted by atomic mass is 10.1. The highest BCUT2D eigenvalue weighted by Gasteiger charge is 2.12. The van der Waals surface area contributed by atoms with E-state index in [4.69, 9.17) is 8.94 Å². The van der Waals surface area contributed by atoms with Crippen LogP contribution in [0.5, 0.6) is 0 Å². The summed E-state index contributed by atoms with van der Waals surface area (Å²) in [4.78, 5) is 4.42. The summed E-state index contributed by atoms with van der Waals surface area (Å²) in [5.41, 5.74) is 2.08. The zero-order valence-electron chi connectivity index (χ0n) is 12.0. The molecule has 0 fully saturated rings. The fourth-order valence-corrected chi connectivity index (χ4v) is 2.13. The van der Waals surface area contributed by atoms with Gasteiger partial charge >= 0.3 is 0 Å². The Bertz CT molecular complexity index is 704. The Morgan fingerprint density at radius 2 is 2.05 bits per heavy atom. The molecule has 0 bridgehead atoms. The van der Waals surface area contributed by atoms with Gasteiger partial charge in [-0.15, -0.1) is 0 Å². The summed E-state index contributed by atoms with van der Waals surface area (Å²) in [5.74, 6) is 2.07. The van der Waals surface area contributed by atoms with Crippen LogP contribution >= 0.6 is 0 Å². The SMILES string of the molecule is Cc1ccccc1-c1nc(CN[C@H](C)c2ccco2)no1. The van der Waals surface area contributed by atoms with Crippen LogP contribution in [0.4, 0.5) is 0 Å². The molecular weight excluding hydrogens is 266 g/mol. The monoisotopic (exact) mass is 283 g/mol. The number of aryl methyl sites for hydroxylation is 1. The molecule has 0 aliphatic rings. The predicted octanol–water partition coefficient (Wildman–Crippen LogP) is 3.49. The van der Waals surface area contributed by atoms with E-state index < -0.39 is 0 Å². The summed E-state index contributed by atoms with van der Waals surface area (Å²) in [7, 11) is 0. The minimum absolute atomic E-state index is 0.0976. The Balaban J connectivity index is 1.67. The molecule has 0 aliphatic carbocycles. The average molecular weight is 283 g/mol. The summed E-state index contributed by atoms with van der Waals surface area (Å²) >= 11 is 0. The molecule has 0 spiro atoms. The molecule has 2 aromatic heterocycles. The van der Waals surface area contributed by atoms with E-state index >= 15 is 0 Å². The average Bonchev–Trinajstić information content (AvgIpc) is 3.17. The summed E-state index contributed by atoms with van der Waals surface area (Å²) in [6, 6.07) is 11.9. The first kappa shape index (κ1) is 13.6. The van der Waals surface area contributed by atoms with Crippen molar-refractivity contribution in [2.45, 2.75) is 26.4 Å². The van der Waals surface area contributed by atoms with Gasteiger partial charge in [-0.2, -0.15) is 4.98 Å². The Hall–Kier alpha value is -2.40. The topological polar surface area (TPSA) is 64.1 Å². The van der Waals surface area contributed by atoms with E-state index in [0.717, 1.165) is 16.9 Å². The molecule has 0 saturated heterocycles. The van der Waals surface area contributed by atoms with E-state index in [1.807, 2.05) is 50.2 Å². The summed E-state index contributed by atoms with van der Waals surface area (Å²) in [6.45, 7) is 4.58. The number of hydrogen-bond donors (Lipinski definition) is 1. The molecule has 1 atom stereocenters. The fraction of sp³-hybridized carbons (Fsp3) is 0.250. The number of hydrogen-bond acceptors (Lipinski definition) is 5. The molecule has 108 valence electrons. The molecule has 0 aliphatic heterocycles. The Morgan fingerprint density at radius 3 is 2.81 bits per heavy atom. The molecule has 5 nitrogen and oxygen atoms in total. The van der Waals surface area contributed by atoms with Crippen molar-refractivity contribution in [3.05, 3.63) is 59.8 Å². The van der Waals surface area contributed by atoms with Gasteiger partial charge in [-0.05, 0) is 37.6 Å². The molecule has 0 unspecified atom stereocenters. The van der Waals surface area contributed by atoms with Crippen LogP contribution < -0.4 is 5.32 Å². The van der Waals surface area contributed by atoms with Gasteiger partial charge < -0.3 is 14.3 Å². The third-order valence-electron chi connectivity index (χ3n) is 3.38. The first-order valence-corrected chi connectivity index (χ1v) is 6.89. The van der Waals surface area contributed by atoms with Crippen LogP contribution in [-0.4, -0.2) is 10.1 Å². The fourth-order valence-electron chi connectivity index (χ4n) is 2.13. The maximum Gasteiger partial charge on any atom is 0.258 e. The van der Waals surface area contributed by atoms with Gasteiger partial charge in [0.2, 0.25) is 0 Å². The van der Waals surface area contributed by atoms with Gasteiger partial charge in [0, 0.05) is 5.56 Å². The number of furan rings is 1. The van der Waals surface area contributed by atoms with E-state index in [1.165, 1.54) is 0 Å². The third-order valence-corrected chi connectivity index (χ3v) is 3.38. The molecule has 1 N–H and O–H groups in total. The highest BCUT2D eigenvalue weighted by atomic mass is 16.5. The first-order chi connectivity index (χ1) is 10.2. The maximum absolute atomic E-state index is 5.35. The van der Waals surface area contributed by atoms with E-state index in [9.17, 15) is 0 Å². The molecule has 1 aromatic carbocycles. The number of nitrogens with zero attached hydrogens (tertiary/aromatic N) is 2. The van der Waals surface area contributed by atoms with Crippen LogP contribution in [0.2, 0.25) is 0 Å². The van der Waals surface area contributed by atoms with Crippen LogP contribution in [-0.2, 0) is 6.54 Å². The van der Waals surface area contributed by atoms with Gasteiger partial charge in [0.05, 0.1) is 18.8 Å². The normalized spacial score (nSPS) is 12.5. The smallest absolute Gasteiger partial charge is 0.258 e. The highest BCUT2D eigenvalue weighted by molar-refractivity contribution is 5.57. The first-order valence-electron chi connectivity index (χ1n) is 6.89. The van der Waals surface area contributed by atoms with E-state index in [1.54, 1.807) is 6.26 Å². The maximum atomic E-state index is 5.35. The molecule has 2 heterocycles. The van der Waals surface area contributed by atoms with Crippen molar-refractivity contribution in [3.63, 3.8) is 0 Å². The lowest BCUT2D eigenvalue weighted by Crippen LogP contribution is -2.18. The highest BCUT2D eigenvalue weighted by Crippen LogP contribution is 2.21. The Kier molecular flexibility index (Phi) is 3.83. The van der Waals surface area contributed by atoms with E-state index in [0.29, 0.717) is 18.3 Å². The second-order valence-electron chi connectivity index (χ2n) is 4.95. The van der Waals surface area contributed by atoms with E-state index in [2.05, 4.69) is 15.5 Å². The molecule has 3 aromatic rings. The number of rotatable bonds is 5. The van der Waals surface area contributed by atoms with Gasteiger partial charge in [0.15, 0.2) is 5.82 Å². The molecule has 0 amide bonds. The van der Waals surface area contributed by atoms with Crippen LogP contribution in [0, 0.1) is 6.92 Å². The van der Waals surface area contributed by atoms with Crippen molar-refractivity contribution in [3.8, 4) is 11.5 Å². The second kappa shape index (κ2) is 5.93. The second-order valence-corrected chi connectivity index (χ2v) is 4.95. The van der Waals surface area contributed by atoms with Gasteiger partial charge in [0.25, 0.3) is 5.89 Å². The summed E-state index contributed by atoms with van der Waals surface area (Å²) < 4.78 is 10.7. The largest absolute Gasteiger partial charge is 0.468 e. The molecule has 5 heteroatoms. The van der Waals surface area contributed by atoms with Crippen LogP contribution in [0.25, 0.3) is 11.5 Å². The molecular formula is C16H17N3O2. The zero-order valence-corrected chi connectivity index (χ0v) is 12.0. The molecule has 21 heavy (non-hydrogen) atoms. The van der Waals surface area contributed by atoms with Crippen molar-refractivity contribution < 1.29 is 8.94 Å². The van der Waals surface area contributed by atoms with E-state index in [-0.39, 0.29) is 6.04 Å². The van der Waals surface area contributed by atoms with Crippen molar-refractivity contribution in [1.29, 1.82) is 0 Å². The van der Waals surface area contributed by atoms with Gasteiger partial charge in [-0.3, -0.25) is 0 Å². The molecule has 0 saturated carbocycles. The van der Waals surface area contributed by atoms with Crippen molar-refractivity contribution in [1.82, 2.24) is 15.5 Å². The lowest BCUT2D eigenvalue weighted by molar-refractivity contribution is 0.403. The van der Waals surface area contributed by atoms with Crippen LogP contribution in [0.15, 0.2) is 51.6 Å². The number of nitrogens with one attached hydrogen (secondary N) is 1. The quantitative estimate of drug-likeness (QED) is 0.776. The molecule has 0 radical (unpaired) electrons. The Morgan fingerprint density at radius 1 is 1.19 bits per heavy atom. The van der Waals surface area contributed by atoms with Crippen LogP contribution in [0.1, 0.15) is 30.1 Å². The van der Waals surface area contributed by atoms with Crippen LogP contribution in [0.3, 0.4) is 0 Å². The Labute approximate surface area is 123 Å². The number of aromatic nitrogens is 2. The van der Waals surface area contributed by atoms with Gasteiger partial charge in [-0.1, -0.05) is 23.4 Å². The van der Waals surface area contributed by atoms with Crippen molar-refractivity contribution in [2.24, 2.45) is 0 Å². The summed E-state index contributed by atoms with van der Waals surface area (Å²) in [5, 5.41) is 7.31. The minimum Gasteiger partial charge on any atom is -0.468 e. The third kappa shape index (κ3) is 3.03. The van der Waals surface area contributed by atoms with Gasteiger partial charge in [0.1, 0.15) is 5.76 Å². The zero-order chi connectivity index (χ0) is 14.7. The summed E-state index contributed by atoms with van der Waals surface area (Å²) in [6.07, 6.45) is 1.66.